The minimum atomic E-state index is -0.498. The fourth-order valence-corrected chi connectivity index (χ4v) is 3.91. The van der Waals surface area contributed by atoms with Gasteiger partial charge in [0, 0.05) is 24.9 Å². The first-order valence-electron chi connectivity index (χ1n) is 9.90. The van der Waals surface area contributed by atoms with Crippen molar-refractivity contribution in [3.8, 4) is 0 Å². The van der Waals surface area contributed by atoms with E-state index in [0.717, 1.165) is 51.0 Å². The highest BCUT2D eigenvalue weighted by Gasteiger charge is 2.29. The van der Waals surface area contributed by atoms with E-state index in [1.807, 2.05) is 6.92 Å². The van der Waals surface area contributed by atoms with Crippen molar-refractivity contribution in [1.29, 1.82) is 0 Å². The lowest BCUT2D eigenvalue weighted by molar-refractivity contribution is 0.0346. The number of rotatable bonds is 8. The Hall–Kier alpha value is -1.89. The first kappa shape index (κ1) is 18.9. The second kappa shape index (κ2) is 8.66. The van der Waals surface area contributed by atoms with Gasteiger partial charge in [-0.05, 0) is 51.4 Å². The van der Waals surface area contributed by atoms with E-state index in [-0.39, 0.29) is 0 Å². The summed E-state index contributed by atoms with van der Waals surface area (Å²) >= 11 is 0. The van der Waals surface area contributed by atoms with Crippen LogP contribution in [0, 0.1) is 5.92 Å². The molecule has 0 bridgehead atoms. The molecule has 7 nitrogen and oxygen atoms in total. The zero-order valence-corrected chi connectivity index (χ0v) is 15.8. The van der Waals surface area contributed by atoms with E-state index < -0.39 is 5.91 Å². The van der Waals surface area contributed by atoms with E-state index in [0.29, 0.717) is 35.5 Å². The summed E-state index contributed by atoms with van der Waals surface area (Å²) in [5, 5.41) is 6.79. The number of carbonyl (C=O) groups is 1. The third-order valence-corrected chi connectivity index (χ3v) is 5.62. The number of nitrogens with two attached hydrogens (primary N) is 1. The molecule has 1 aromatic rings. The molecule has 1 aromatic heterocycles. The Bertz CT molecular complexity index is 610. The summed E-state index contributed by atoms with van der Waals surface area (Å²) in [4.78, 5) is 20.5. The van der Waals surface area contributed by atoms with Crippen molar-refractivity contribution in [2.45, 2.75) is 77.0 Å². The average Bonchev–Trinajstić information content (AvgIpc) is 2.59. The van der Waals surface area contributed by atoms with Crippen molar-refractivity contribution in [3.63, 3.8) is 0 Å². The molecule has 7 heteroatoms. The monoisotopic (exact) mass is 361 g/mol. The highest BCUT2D eigenvalue weighted by atomic mass is 16.5. The standard InChI is InChI=1S/C19H31N5O2/c1-3-12-9-14(10-12)22-18-16(17(20)25)11-21-19(24-18)23-13-5-7-15(8-6-13)26-4-2/h11-15H,3-10H2,1-2H3,(H2,20,25)(H2,21,22,23,24). The van der Waals surface area contributed by atoms with Gasteiger partial charge in [-0.3, -0.25) is 4.79 Å². The molecule has 1 amide bonds. The Balaban J connectivity index is 1.61. The second-order valence-electron chi connectivity index (χ2n) is 7.48. The minimum absolute atomic E-state index is 0.340. The molecule has 1 heterocycles. The summed E-state index contributed by atoms with van der Waals surface area (Å²) in [5.41, 5.74) is 5.85. The molecular weight excluding hydrogens is 330 g/mol. The Morgan fingerprint density at radius 3 is 2.54 bits per heavy atom. The first-order chi connectivity index (χ1) is 12.6. The van der Waals surface area contributed by atoms with Crippen LogP contribution in [0.5, 0.6) is 0 Å². The molecule has 144 valence electrons. The van der Waals surface area contributed by atoms with Gasteiger partial charge in [0.25, 0.3) is 5.91 Å². The molecule has 0 aromatic carbocycles. The Kier molecular flexibility index (Phi) is 6.29. The van der Waals surface area contributed by atoms with Crippen molar-refractivity contribution in [3.05, 3.63) is 11.8 Å². The number of hydrogen-bond donors (Lipinski definition) is 3. The number of hydrogen-bond acceptors (Lipinski definition) is 6. The smallest absolute Gasteiger partial charge is 0.254 e. The topological polar surface area (TPSA) is 102 Å². The highest BCUT2D eigenvalue weighted by molar-refractivity contribution is 5.97. The van der Waals surface area contributed by atoms with Gasteiger partial charge in [-0.25, -0.2) is 4.98 Å². The predicted molar refractivity (Wildman–Crippen MR) is 102 cm³/mol. The SMILES string of the molecule is CCOC1CCC(Nc2ncc(C(N)=O)c(NC3CC(CC)C3)n2)CC1. The second-order valence-corrected chi connectivity index (χ2v) is 7.48. The zero-order chi connectivity index (χ0) is 18.5. The molecule has 0 radical (unpaired) electrons. The highest BCUT2D eigenvalue weighted by Crippen LogP contribution is 2.33. The van der Waals surface area contributed by atoms with Gasteiger partial charge in [-0.15, -0.1) is 0 Å². The van der Waals surface area contributed by atoms with Gasteiger partial charge in [-0.2, -0.15) is 4.98 Å². The molecule has 2 aliphatic rings. The van der Waals surface area contributed by atoms with Gasteiger partial charge >= 0.3 is 0 Å². The van der Waals surface area contributed by atoms with Crippen LogP contribution in [0.2, 0.25) is 0 Å². The van der Waals surface area contributed by atoms with Gasteiger partial charge in [0.1, 0.15) is 5.82 Å². The van der Waals surface area contributed by atoms with Crippen molar-refractivity contribution in [1.82, 2.24) is 9.97 Å². The van der Waals surface area contributed by atoms with Crippen molar-refractivity contribution < 1.29 is 9.53 Å². The molecule has 2 aliphatic carbocycles. The van der Waals surface area contributed by atoms with Crippen LogP contribution in [0.25, 0.3) is 0 Å². The van der Waals surface area contributed by atoms with Crippen LogP contribution in [0.1, 0.15) is 69.2 Å². The molecular formula is C19H31N5O2. The van der Waals surface area contributed by atoms with E-state index >= 15 is 0 Å². The maximum absolute atomic E-state index is 11.7. The summed E-state index contributed by atoms with van der Waals surface area (Å²) in [6.07, 6.45) is 9.51. The fourth-order valence-electron chi connectivity index (χ4n) is 3.91. The molecule has 0 spiro atoms. The molecule has 0 unspecified atom stereocenters. The van der Waals surface area contributed by atoms with Crippen LogP contribution in [0.3, 0.4) is 0 Å². The van der Waals surface area contributed by atoms with E-state index in [9.17, 15) is 4.79 Å². The number of nitrogens with zero attached hydrogens (tertiary/aromatic N) is 2. The molecule has 26 heavy (non-hydrogen) atoms. The first-order valence-corrected chi connectivity index (χ1v) is 9.90. The summed E-state index contributed by atoms with van der Waals surface area (Å²) in [5.74, 6) is 1.38. The molecule has 4 N–H and O–H groups in total. The lowest BCUT2D eigenvalue weighted by Gasteiger charge is -2.36. The molecule has 0 aliphatic heterocycles. The lowest BCUT2D eigenvalue weighted by Crippen LogP contribution is -2.36. The van der Waals surface area contributed by atoms with Crippen LogP contribution < -0.4 is 16.4 Å². The van der Waals surface area contributed by atoms with E-state index in [2.05, 4.69) is 27.5 Å². The molecule has 0 atom stereocenters. The average molecular weight is 361 g/mol. The van der Waals surface area contributed by atoms with E-state index in [1.165, 1.54) is 12.6 Å². The van der Waals surface area contributed by atoms with Crippen molar-refractivity contribution >= 4 is 17.7 Å². The summed E-state index contributed by atoms with van der Waals surface area (Å²) in [6, 6.07) is 0.703. The van der Waals surface area contributed by atoms with Crippen molar-refractivity contribution in [2.24, 2.45) is 11.7 Å². The van der Waals surface area contributed by atoms with Crippen LogP contribution in [0.4, 0.5) is 11.8 Å². The zero-order valence-electron chi connectivity index (χ0n) is 15.8. The van der Waals surface area contributed by atoms with Crippen LogP contribution in [-0.4, -0.2) is 40.7 Å². The van der Waals surface area contributed by atoms with Gasteiger partial charge in [0.2, 0.25) is 5.95 Å². The maximum atomic E-state index is 11.7. The number of carbonyl (C=O) groups excluding carboxylic acids is 1. The lowest BCUT2D eigenvalue weighted by atomic mass is 9.78. The van der Waals surface area contributed by atoms with Gasteiger partial charge < -0.3 is 21.1 Å². The summed E-state index contributed by atoms with van der Waals surface area (Å²) in [7, 11) is 0. The third-order valence-electron chi connectivity index (χ3n) is 5.62. The molecule has 2 fully saturated rings. The maximum Gasteiger partial charge on any atom is 0.254 e. The van der Waals surface area contributed by atoms with Crippen LogP contribution in [0.15, 0.2) is 6.20 Å². The van der Waals surface area contributed by atoms with Gasteiger partial charge in [0.05, 0.1) is 11.7 Å². The number of amides is 1. The minimum Gasteiger partial charge on any atom is -0.379 e. The van der Waals surface area contributed by atoms with Crippen molar-refractivity contribution in [2.75, 3.05) is 17.2 Å². The molecule has 2 saturated carbocycles. The Morgan fingerprint density at radius 1 is 1.19 bits per heavy atom. The normalized spacial score (nSPS) is 28.2. The molecule has 0 saturated heterocycles. The quantitative estimate of drug-likeness (QED) is 0.658. The summed E-state index contributed by atoms with van der Waals surface area (Å²) < 4.78 is 5.70. The van der Waals surface area contributed by atoms with E-state index in [4.69, 9.17) is 10.5 Å². The number of primary amides is 1. The summed E-state index contributed by atoms with van der Waals surface area (Å²) in [6.45, 7) is 5.02. The molecule has 3 rings (SSSR count). The number of ether oxygens (including phenoxy) is 1. The number of nitrogens with one attached hydrogen (secondary N) is 2. The van der Waals surface area contributed by atoms with Gasteiger partial charge in [-0.1, -0.05) is 13.3 Å². The third kappa shape index (κ3) is 4.63. The fraction of sp³-hybridized carbons (Fsp3) is 0.737. The Morgan fingerprint density at radius 2 is 1.92 bits per heavy atom. The van der Waals surface area contributed by atoms with E-state index in [1.54, 1.807) is 0 Å². The number of anilines is 2. The van der Waals surface area contributed by atoms with Crippen LogP contribution >= 0.6 is 0 Å². The Labute approximate surface area is 155 Å². The van der Waals surface area contributed by atoms with Crippen LogP contribution in [-0.2, 0) is 4.74 Å². The predicted octanol–water partition coefficient (Wildman–Crippen LogP) is 2.94. The largest absolute Gasteiger partial charge is 0.379 e. The number of aromatic nitrogens is 2. The van der Waals surface area contributed by atoms with Gasteiger partial charge in [0.15, 0.2) is 0 Å².